The van der Waals surface area contributed by atoms with E-state index in [1.165, 1.54) is 13.2 Å². The number of hydrogen-bond acceptors (Lipinski definition) is 3. The van der Waals surface area contributed by atoms with E-state index in [0.717, 1.165) is 5.65 Å². The Morgan fingerprint density at radius 3 is 3.18 bits per heavy atom. The molecule has 0 atom stereocenters. The fourth-order valence-electron chi connectivity index (χ4n) is 1.42. The van der Waals surface area contributed by atoms with E-state index in [-0.39, 0.29) is 5.91 Å². The van der Waals surface area contributed by atoms with Gasteiger partial charge in [-0.05, 0) is 18.2 Å². The van der Waals surface area contributed by atoms with Crippen LogP contribution >= 0.6 is 11.6 Å². The van der Waals surface area contributed by atoms with Gasteiger partial charge in [-0.3, -0.25) is 14.0 Å². The predicted octanol–water partition coefficient (Wildman–Crippen LogP) is 1.68. The Balaban J connectivity index is 2.35. The fraction of sp³-hybridized carbons (Fsp3) is 0.0909. The average Bonchev–Trinajstić information content (AvgIpc) is 2.62. The summed E-state index contributed by atoms with van der Waals surface area (Å²) in [6, 6.07) is 5.56. The first-order valence-electron chi connectivity index (χ1n) is 4.86. The highest BCUT2D eigenvalue weighted by Crippen LogP contribution is 2.18. The molecular weight excluding hydrogens is 242 g/mol. The molecule has 17 heavy (non-hydrogen) atoms. The van der Waals surface area contributed by atoms with E-state index in [1.54, 1.807) is 10.5 Å². The van der Waals surface area contributed by atoms with Crippen LogP contribution in [0.5, 0.6) is 0 Å². The molecule has 2 aromatic rings. The van der Waals surface area contributed by atoms with Gasteiger partial charge in [0.05, 0.1) is 12.8 Å². The first-order valence-corrected chi connectivity index (χ1v) is 5.24. The summed E-state index contributed by atoms with van der Waals surface area (Å²) in [6.45, 7) is 0. The van der Waals surface area contributed by atoms with E-state index >= 15 is 0 Å². The minimum atomic E-state index is -0.366. The molecule has 0 aliphatic rings. The highest BCUT2D eigenvalue weighted by molar-refractivity contribution is 6.31. The van der Waals surface area contributed by atoms with Gasteiger partial charge in [0.2, 0.25) is 0 Å². The normalized spacial score (nSPS) is 11.2. The highest BCUT2D eigenvalue weighted by Gasteiger charge is 2.06. The van der Waals surface area contributed by atoms with Gasteiger partial charge < -0.3 is 0 Å². The number of hydrogen-bond donors (Lipinski definition) is 1. The predicted molar refractivity (Wildman–Crippen MR) is 64.4 cm³/mol. The lowest BCUT2D eigenvalue weighted by Gasteiger charge is -1.97. The molecule has 0 aromatic carbocycles. The molecule has 0 radical (unpaired) electrons. The smallest absolute Gasteiger partial charge is 0.267 e. The molecule has 0 saturated carbocycles. The number of aromatic nitrogens is 2. The molecular formula is C11H10ClN3O2. The van der Waals surface area contributed by atoms with Crippen LogP contribution in [0.15, 0.2) is 30.5 Å². The quantitative estimate of drug-likeness (QED) is 0.667. The van der Waals surface area contributed by atoms with Crippen molar-refractivity contribution in [3.63, 3.8) is 0 Å². The first kappa shape index (κ1) is 11.6. The Morgan fingerprint density at radius 1 is 1.59 bits per heavy atom. The molecule has 0 saturated heterocycles. The molecule has 88 valence electrons. The lowest BCUT2D eigenvalue weighted by molar-refractivity contribution is -0.126. The zero-order valence-electron chi connectivity index (χ0n) is 9.05. The van der Waals surface area contributed by atoms with Crippen LogP contribution in [0.4, 0.5) is 0 Å². The number of carbonyl (C=O) groups excluding carboxylic acids is 1. The van der Waals surface area contributed by atoms with E-state index in [9.17, 15) is 4.79 Å². The first-order chi connectivity index (χ1) is 8.22. The Bertz CT molecular complexity index is 577. The minimum absolute atomic E-state index is 0.345. The van der Waals surface area contributed by atoms with Crippen molar-refractivity contribution in [1.82, 2.24) is 14.9 Å². The maximum absolute atomic E-state index is 11.2. The Kier molecular flexibility index (Phi) is 3.41. The van der Waals surface area contributed by atoms with Gasteiger partial charge in [0.1, 0.15) is 5.65 Å². The Hall–Kier alpha value is -1.85. The van der Waals surface area contributed by atoms with Gasteiger partial charge in [0.15, 0.2) is 5.15 Å². The average molecular weight is 252 g/mol. The van der Waals surface area contributed by atoms with E-state index in [0.29, 0.717) is 10.8 Å². The van der Waals surface area contributed by atoms with Crippen molar-refractivity contribution in [1.29, 1.82) is 0 Å². The monoisotopic (exact) mass is 251 g/mol. The SMILES string of the molecule is CONC(=O)C=Cc1c(Cl)nc2ccccn12. The van der Waals surface area contributed by atoms with Gasteiger partial charge in [-0.1, -0.05) is 17.7 Å². The summed E-state index contributed by atoms with van der Waals surface area (Å²) >= 11 is 5.98. The van der Waals surface area contributed by atoms with Crippen molar-refractivity contribution < 1.29 is 9.63 Å². The second-order valence-electron chi connectivity index (χ2n) is 3.22. The molecule has 5 nitrogen and oxygen atoms in total. The fourth-order valence-corrected chi connectivity index (χ4v) is 1.67. The third kappa shape index (κ3) is 2.46. The summed E-state index contributed by atoms with van der Waals surface area (Å²) < 4.78 is 1.79. The van der Waals surface area contributed by atoms with Crippen LogP contribution in [-0.4, -0.2) is 22.4 Å². The maximum atomic E-state index is 11.2. The molecule has 0 aliphatic carbocycles. The standard InChI is InChI=1S/C11H10ClN3O2/c1-17-14-10(16)6-5-8-11(12)13-9-4-2-3-7-15(8)9/h2-7H,1H3,(H,14,16). The number of hydroxylamine groups is 1. The summed E-state index contributed by atoms with van der Waals surface area (Å²) in [7, 11) is 1.37. The second-order valence-corrected chi connectivity index (χ2v) is 3.58. The molecule has 0 unspecified atom stereocenters. The topological polar surface area (TPSA) is 55.6 Å². The van der Waals surface area contributed by atoms with Crippen molar-refractivity contribution >= 4 is 29.2 Å². The lowest BCUT2D eigenvalue weighted by atomic mass is 10.4. The van der Waals surface area contributed by atoms with Crippen LogP contribution in [0, 0.1) is 0 Å². The van der Waals surface area contributed by atoms with E-state index in [4.69, 9.17) is 11.6 Å². The summed E-state index contributed by atoms with van der Waals surface area (Å²) in [5, 5.41) is 0.345. The van der Waals surface area contributed by atoms with E-state index in [2.05, 4.69) is 15.3 Å². The lowest BCUT2D eigenvalue weighted by Crippen LogP contribution is -2.18. The largest absolute Gasteiger partial charge is 0.299 e. The zero-order valence-corrected chi connectivity index (χ0v) is 9.81. The number of rotatable bonds is 3. The Labute approximate surface area is 103 Å². The third-order valence-electron chi connectivity index (χ3n) is 2.12. The van der Waals surface area contributed by atoms with Crippen LogP contribution in [0.1, 0.15) is 5.69 Å². The number of amides is 1. The van der Waals surface area contributed by atoms with Crippen molar-refractivity contribution in [2.75, 3.05) is 7.11 Å². The Morgan fingerprint density at radius 2 is 2.41 bits per heavy atom. The number of nitrogens with zero attached hydrogens (tertiary/aromatic N) is 2. The van der Waals surface area contributed by atoms with Crippen molar-refractivity contribution in [3.05, 3.63) is 41.3 Å². The van der Waals surface area contributed by atoms with Gasteiger partial charge >= 0.3 is 0 Å². The number of imidazole rings is 1. The highest BCUT2D eigenvalue weighted by atomic mass is 35.5. The van der Waals surface area contributed by atoms with Crippen LogP contribution in [0.25, 0.3) is 11.7 Å². The van der Waals surface area contributed by atoms with Crippen LogP contribution in [0.3, 0.4) is 0 Å². The number of fused-ring (bicyclic) bond motifs is 1. The van der Waals surface area contributed by atoms with Gasteiger partial charge in [-0.15, -0.1) is 0 Å². The summed E-state index contributed by atoms with van der Waals surface area (Å²) in [6.07, 6.45) is 4.73. The molecule has 2 aromatic heterocycles. The number of halogens is 1. The molecule has 0 fully saturated rings. The van der Waals surface area contributed by atoms with Crippen LogP contribution < -0.4 is 5.48 Å². The van der Waals surface area contributed by atoms with Gasteiger partial charge in [-0.2, -0.15) is 0 Å². The third-order valence-corrected chi connectivity index (χ3v) is 2.40. The molecule has 0 bridgehead atoms. The minimum Gasteiger partial charge on any atom is -0.299 e. The van der Waals surface area contributed by atoms with Crippen molar-refractivity contribution in [2.45, 2.75) is 0 Å². The summed E-state index contributed by atoms with van der Waals surface area (Å²) in [4.78, 5) is 19.8. The molecule has 0 spiro atoms. The number of carbonyl (C=O) groups is 1. The van der Waals surface area contributed by atoms with Crippen molar-refractivity contribution in [3.8, 4) is 0 Å². The second kappa shape index (κ2) is 4.99. The van der Waals surface area contributed by atoms with E-state index in [1.807, 2.05) is 24.4 Å². The molecule has 1 N–H and O–H groups in total. The summed E-state index contributed by atoms with van der Waals surface area (Å²) in [5.41, 5.74) is 3.55. The maximum Gasteiger partial charge on any atom is 0.267 e. The van der Waals surface area contributed by atoms with Crippen LogP contribution in [0.2, 0.25) is 5.15 Å². The summed E-state index contributed by atoms with van der Waals surface area (Å²) in [5.74, 6) is -0.366. The molecule has 2 heterocycles. The number of nitrogens with one attached hydrogen (secondary N) is 1. The van der Waals surface area contributed by atoms with Gasteiger partial charge in [0, 0.05) is 12.3 Å². The zero-order chi connectivity index (χ0) is 12.3. The van der Waals surface area contributed by atoms with Gasteiger partial charge in [0.25, 0.3) is 5.91 Å². The van der Waals surface area contributed by atoms with Gasteiger partial charge in [-0.25, -0.2) is 10.5 Å². The van der Waals surface area contributed by atoms with E-state index < -0.39 is 0 Å². The molecule has 0 aliphatic heterocycles. The molecule has 2 rings (SSSR count). The van der Waals surface area contributed by atoms with Crippen molar-refractivity contribution in [2.24, 2.45) is 0 Å². The number of pyridine rings is 1. The molecule has 1 amide bonds. The molecule has 6 heteroatoms. The van der Waals surface area contributed by atoms with Crippen LogP contribution in [-0.2, 0) is 9.63 Å².